The smallest absolute Gasteiger partial charge is 0.226 e. The number of hydrogen-bond donors (Lipinski definition) is 1. The van der Waals surface area contributed by atoms with Crippen LogP contribution in [0.15, 0.2) is 48.5 Å². The molecule has 0 radical (unpaired) electrons. The van der Waals surface area contributed by atoms with Gasteiger partial charge in [0, 0.05) is 12.0 Å². The predicted molar refractivity (Wildman–Crippen MR) is 98.0 cm³/mol. The van der Waals surface area contributed by atoms with Gasteiger partial charge in [0.15, 0.2) is 0 Å². The summed E-state index contributed by atoms with van der Waals surface area (Å²) in [7, 11) is 0. The first kappa shape index (κ1) is 18.1. The number of rotatable bonds is 6. The Balaban J connectivity index is 1.46. The molecule has 142 valence electrons. The van der Waals surface area contributed by atoms with Crippen molar-refractivity contribution in [3.63, 3.8) is 0 Å². The molecule has 0 aliphatic heterocycles. The summed E-state index contributed by atoms with van der Waals surface area (Å²) in [5.41, 5.74) is 1.61. The summed E-state index contributed by atoms with van der Waals surface area (Å²) in [5, 5.41) is 10.5. The fourth-order valence-corrected chi connectivity index (χ4v) is 3.90. The number of aliphatic hydroxyl groups is 1. The lowest BCUT2D eigenvalue weighted by Gasteiger charge is -2.40. The molecule has 0 bridgehead atoms. The quantitative estimate of drug-likeness (QED) is 0.827. The number of amides is 1. The molecule has 0 spiro atoms. The molecule has 5 heteroatoms. The molecular formula is C22H23F2NO2. The van der Waals surface area contributed by atoms with Crippen LogP contribution in [0.3, 0.4) is 0 Å². The van der Waals surface area contributed by atoms with Crippen LogP contribution in [0.5, 0.6) is 0 Å². The van der Waals surface area contributed by atoms with Crippen molar-refractivity contribution < 1.29 is 18.7 Å². The van der Waals surface area contributed by atoms with Gasteiger partial charge in [0.1, 0.15) is 11.6 Å². The Labute approximate surface area is 157 Å². The minimum atomic E-state index is -0.834. The molecule has 0 saturated heterocycles. The predicted octanol–water partition coefficient (Wildman–Crippen LogP) is 4.18. The van der Waals surface area contributed by atoms with Crippen molar-refractivity contribution in [1.29, 1.82) is 0 Å². The monoisotopic (exact) mass is 371 g/mol. The zero-order chi connectivity index (χ0) is 19.0. The summed E-state index contributed by atoms with van der Waals surface area (Å²) in [6.45, 7) is 0.224. The second kappa shape index (κ2) is 7.39. The highest BCUT2D eigenvalue weighted by atomic mass is 19.1. The van der Waals surface area contributed by atoms with Crippen LogP contribution < -0.4 is 0 Å². The third-order valence-electron chi connectivity index (χ3n) is 5.78. The maximum absolute atomic E-state index is 13.2. The van der Waals surface area contributed by atoms with E-state index in [1.807, 2.05) is 0 Å². The largest absolute Gasteiger partial charge is 0.387 e. The van der Waals surface area contributed by atoms with Crippen LogP contribution >= 0.6 is 0 Å². The van der Waals surface area contributed by atoms with Gasteiger partial charge < -0.3 is 10.0 Å². The Morgan fingerprint density at radius 1 is 0.963 bits per heavy atom. The number of nitrogens with zero attached hydrogens (tertiary/aromatic N) is 1. The summed E-state index contributed by atoms with van der Waals surface area (Å²) in [5.74, 6) is -0.557. The first-order valence-electron chi connectivity index (χ1n) is 9.52. The first-order valence-corrected chi connectivity index (χ1v) is 9.52. The summed E-state index contributed by atoms with van der Waals surface area (Å²) < 4.78 is 26.3. The molecule has 0 aromatic heterocycles. The van der Waals surface area contributed by atoms with E-state index in [1.54, 1.807) is 29.2 Å². The zero-order valence-corrected chi connectivity index (χ0v) is 15.0. The van der Waals surface area contributed by atoms with Gasteiger partial charge in [0.25, 0.3) is 0 Å². The van der Waals surface area contributed by atoms with Gasteiger partial charge in [-0.05, 0) is 67.0 Å². The Kier molecular flexibility index (Phi) is 4.96. The van der Waals surface area contributed by atoms with E-state index in [-0.39, 0.29) is 42.0 Å². The van der Waals surface area contributed by atoms with Gasteiger partial charge in [0.2, 0.25) is 5.91 Å². The SMILES string of the molecule is O=C(C1CCC1c1ccc(F)cc1)N(CC(O)c1ccc(F)cc1)C1CC1. The molecule has 27 heavy (non-hydrogen) atoms. The van der Waals surface area contributed by atoms with Crippen molar-refractivity contribution in [3.05, 3.63) is 71.3 Å². The number of benzene rings is 2. The molecule has 1 N–H and O–H groups in total. The van der Waals surface area contributed by atoms with Crippen LogP contribution in [0.4, 0.5) is 8.78 Å². The van der Waals surface area contributed by atoms with E-state index in [9.17, 15) is 18.7 Å². The van der Waals surface area contributed by atoms with Crippen molar-refractivity contribution in [1.82, 2.24) is 4.90 Å². The number of aliphatic hydroxyl groups excluding tert-OH is 1. The van der Waals surface area contributed by atoms with Gasteiger partial charge in [-0.2, -0.15) is 0 Å². The summed E-state index contributed by atoms with van der Waals surface area (Å²) >= 11 is 0. The molecule has 1 amide bonds. The van der Waals surface area contributed by atoms with Crippen LogP contribution in [0, 0.1) is 17.6 Å². The van der Waals surface area contributed by atoms with Crippen LogP contribution in [0.1, 0.15) is 48.8 Å². The van der Waals surface area contributed by atoms with Crippen LogP contribution in [-0.2, 0) is 4.79 Å². The lowest BCUT2D eigenvalue weighted by molar-refractivity contribution is -0.141. The second-order valence-corrected chi connectivity index (χ2v) is 7.63. The molecule has 2 fully saturated rings. The first-order chi connectivity index (χ1) is 13.0. The number of hydrogen-bond acceptors (Lipinski definition) is 2. The molecule has 3 nitrogen and oxygen atoms in total. The molecule has 4 rings (SSSR count). The third kappa shape index (κ3) is 3.88. The van der Waals surface area contributed by atoms with Gasteiger partial charge in [0.05, 0.1) is 12.6 Å². The summed E-state index contributed by atoms with van der Waals surface area (Å²) in [6.07, 6.45) is 2.81. The van der Waals surface area contributed by atoms with Crippen LogP contribution in [0.2, 0.25) is 0 Å². The van der Waals surface area contributed by atoms with Gasteiger partial charge in [-0.25, -0.2) is 8.78 Å². The fourth-order valence-electron chi connectivity index (χ4n) is 3.90. The Bertz CT molecular complexity index is 802. The summed E-state index contributed by atoms with van der Waals surface area (Å²) in [4.78, 5) is 15.0. The van der Waals surface area contributed by atoms with Crippen LogP contribution in [0.25, 0.3) is 0 Å². The zero-order valence-electron chi connectivity index (χ0n) is 15.0. The highest BCUT2D eigenvalue weighted by Crippen LogP contribution is 2.45. The Morgan fingerprint density at radius 3 is 2.07 bits per heavy atom. The van der Waals surface area contributed by atoms with E-state index in [1.165, 1.54) is 24.3 Å². The molecule has 2 aromatic carbocycles. The van der Waals surface area contributed by atoms with Crippen molar-refractivity contribution >= 4 is 5.91 Å². The lowest BCUT2D eigenvalue weighted by Crippen LogP contribution is -2.45. The van der Waals surface area contributed by atoms with E-state index in [2.05, 4.69) is 0 Å². The normalized spacial score (nSPS) is 22.8. The van der Waals surface area contributed by atoms with Crippen molar-refractivity contribution in [2.75, 3.05) is 6.54 Å². The van der Waals surface area contributed by atoms with Gasteiger partial charge >= 0.3 is 0 Å². The van der Waals surface area contributed by atoms with E-state index < -0.39 is 6.10 Å². The van der Waals surface area contributed by atoms with Gasteiger partial charge in [-0.3, -0.25) is 4.79 Å². The Morgan fingerprint density at radius 2 is 1.56 bits per heavy atom. The number of carbonyl (C=O) groups excluding carboxylic acids is 1. The van der Waals surface area contributed by atoms with Crippen molar-refractivity contribution in [2.45, 2.75) is 43.7 Å². The molecule has 2 aliphatic rings. The fraction of sp³-hybridized carbons (Fsp3) is 0.409. The topological polar surface area (TPSA) is 40.5 Å². The van der Waals surface area contributed by atoms with E-state index in [0.29, 0.717) is 5.56 Å². The maximum Gasteiger partial charge on any atom is 0.226 e. The third-order valence-corrected chi connectivity index (χ3v) is 5.78. The molecule has 0 heterocycles. The minimum Gasteiger partial charge on any atom is -0.387 e. The molecule has 3 unspecified atom stereocenters. The molecular weight excluding hydrogens is 348 g/mol. The maximum atomic E-state index is 13.2. The van der Waals surface area contributed by atoms with E-state index in [0.717, 1.165) is 31.2 Å². The highest BCUT2D eigenvalue weighted by molar-refractivity contribution is 5.81. The summed E-state index contributed by atoms with van der Waals surface area (Å²) in [6, 6.07) is 12.3. The van der Waals surface area contributed by atoms with Crippen molar-refractivity contribution in [2.24, 2.45) is 5.92 Å². The minimum absolute atomic E-state index is 0.0687. The van der Waals surface area contributed by atoms with E-state index in [4.69, 9.17) is 0 Å². The van der Waals surface area contributed by atoms with Gasteiger partial charge in [-0.15, -0.1) is 0 Å². The second-order valence-electron chi connectivity index (χ2n) is 7.63. The molecule has 2 saturated carbocycles. The molecule has 3 atom stereocenters. The highest BCUT2D eigenvalue weighted by Gasteiger charge is 2.43. The average molecular weight is 371 g/mol. The molecule has 2 aromatic rings. The van der Waals surface area contributed by atoms with Crippen molar-refractivity contribution in [3.8, 4) is 0 Å². The van der Waals surface area contributed by atoms with Crippen LogP contribution in [-0.4, -0.2) is 28.5 Å². The standard InChI is InChI=1S/C22H23F2NO2/c23-16-5-1-14(2-6-16)19-11-12-20(19)22(27)25(18-9-10-18)13-21(26)15-3-7-17(24)8-4-15/h1-8,18-21,26H,9-13H2. The number of halogens is 2. The lowest BCUT2D eigenvalue weighted by atomic mass is 9.69. The Hall–Kier alpha value is -2.27. The molecule has 2 aliphatic carbocycles. The number of carbonyl (C=O) groups is 1. The average Bonchev–Trinajstić information content (AvgIpc) is 3.46. The van der Waals surface area contributed by atoms with Gasteiger partial charge in [-0.1, -0.05) is 24.3 Å². The van der Waals surface area contributed by atoms with E-state index >= 15 is 0 Å².